The second-order valence-corrected chi connectivity index (χ2v) is 4.88. The van der Waals surface area contributed by atoms with Gasteiger partial charge in [-0.05, 0) is 39.9 Å². The number of hydrogen-bond donors (Lipinski definition) is 1. The van der Waals surface area contributed by atoms with Crippen molar-refractivity contribution in [3.63, 3.8) is 0 Å². The van der Waals surface area contributed by atoms with Gasteiger partial charge in [0.2, 0.25) is 0 Å². The van der Waals surface area contributed by atoms with Gasteiger partial charge in [-0.25, -0.2) is 0 Å². The van der Waals surface area contributed by atoms with Gasteiger partial charge in [0.05, 0.1) is 0 Å². The fraction of sp³-hybridized carbons (Fsp3) is 0.769. The number of nitrogens with one attached hydrogen (secondary N) is 1. The average molecular weight is 237 g/mol. The van der Waals surface area contributed by atoms with Crippen LogP contribution >= 0.6 is 0 Å². The van der Waals surface area contributed by atoms with Crippen molar-refractivity contribution < 1.29 is 4.52 Å². The normalized spacial score (nSPS) is 18.2. The van der Waals surface area contributed by atoms with Crippen molar-refractivity contribution in [1.29, 1.82) is 0 Å². The minimum absolute atomic E-state index is 0.792. The summed E-state index contributed by atoms with van der Waals surface area (Å²) in [6.45, 7) is 6.22. The van der Waals surface area contributed by atoms with Crippen molar-refractivity contribution in [2.24, 2.45) is 0 Å². The molecule has 1 aromatic rings. The molecule has 4 nitrogen and oxygen atoms in total. The monoisotopic (exact) mass is 237 g/mol. The molecule has 0 amide bonds. The number of aryl methyl sites for hydroxylation is 1. The Bertz CT molecular complexity index is 340. The van der Waals surface area contributed by atoms with E-state index in [1.54, 1.807) is 0 Å². The quantitative estimate of drug-likeness (QED) is 0.870. The van der Waals surface area contributed by atoms with Gasteiger partial charge >= 0.3 is 0 Å². The van der Waals surface area contributed by atoms with E-state index < -0.39 is 0 Å². The third-order valence-electron chi connectivity index (χ3n) is 3.49. The van der Waals surface area contributed by atoms with Crippen LogP contribution in [0.4, 0.5) is 0 Å². The van der Waals surface area contributed by atoms with E-state index >= 15 is 0 Å². The number of nitrogens with zero attached hydrogens (tertiary/aromatic N) is 2. The molecule has 17 heavy (non-hydrogen) atoms. The molecule has 0 atom stereocenters. The highest BCUT2D eigenvalue weighted by atomic mass is 16.5. The molecule has 0 aromatic carbocycles. The Morgan fingerprint density at radius 3 is 2.59 bits per heavy atom. The van der Waals surface area contributed by atoms with E-state index in [1.165, 1.54) is 44.3 Å². The topological polar surface area (TPSA) is 41.3 Å². The number of likely N-dealkylation sites (tertiary alicyclic amines) is 1. The molecular formula is C13H23N3O. The molecule has 1 aromatic heterocycles. The first-order valence-corrected chi connectivity index (χ1v) is 6.62. The van der Waals surface area contributed by atoms with E-state index in [0.29, 0.717) is 0 Å². The van der Waals surface area contributed by atoms with Crippen LogP contribution in [0.15, 0.2) is 4.52 Å². The molecule has 1 fully saturated rings. The summed E-state index contributed by atoms with van der Waals surface area (Å²) in [6, 6.07) is 0. The van der Waals surface area contributed by atoms with Gasteiger partial charge in [-0.3, -0.25) is 4.90 Å². The lowest BCUT2D eigenvalue weighted by atomic mass is 10.1. The van der Waals surface area contributed by atoms with Crippen molar-refractivity contribution in [2.75, 3.05) is 20.1 Å². The van der Waals surface area contributed by atoms with Crippen molar-refractivity contribution >= 4 is 0 Å². The smallest absolute Gasteiger partial charge is 0.138 e. The first kappa shape index (κ1) is 12.6. The molecule has 1 aliphatic rings. The Morgan fingerprint density at radius 2 is 1.94 bits per heavy atom. The lowest BCUT2D eigenvalue weighted by Gasteiger charge is -2.19. The molecule has 1 aliphatic heterocycles. The Kier molecular flexibility index (Phi) is 4.57. The zero-order valence-corrected chi connectivity index (χ0v) is 11.0. The van der Waals surface area contributed by atoms with Crippen LogP contribution in [-0.2, 0) is 13.1 Å². The second-order valence-electron chi connectivity index (χ2n) is 4.88. The summed E-state index contributed by atoms with van der Waals surface area (Å²) >= 11 is 0. The lowest BCUT2D eigenvalue weighted by molar-refractivity contribution is 0.274. The summed E-state index contributed by atoms with van der Waals surface area (Å²) < 4.78 is 5.30. The van der Waals surface area contributed by atoms with Crippen LogP contribution in [0.1, 0.15) is 42.7 Å². The molecule has 1 N–H and O–H groups in total. The van der Waals surface area contributed by atoms with Crippen LogP contribution in [-0.4, -0.2) is 30.2 Å². The van der Waals surface area contributed by atoms with Crippen molar-refractivity contribution in [3.8, 4) is 0 Å². The van der Waals surface area contributed by atoms with Gasteiger partial charge < -0.3 is 9.84 Å². The van der Waals surface area contributed by atoms with Gasteiger partial charge in [0, 0.05) is 18.7 Å². The number of hydrogen-bond acceptors (Lipinski definition) is 4. The zero-order chi connectivity index (χ0) is 12.1. The number of rotatable bonds is 4. The largest absolute Gasteiger partial charge is 0.361 e. The molecule has 0 aliphatic carbocycles. The van der Waals surface area contributed by atoms with Crippen molar-refractivity contribution in [3.05, 3.63) is 17.0 Å². The highest BCUT2D eigenvalue weighted by Crippen LogP contribution is 2.18. The van der Waals surface area contributed by atoms with Gasteiger partial charge in [-0.2, -0.15) is 0 Å². The van der Waals surface area contributed by atoms with Crippen LogP contribution < -0.4 is 5.32 Å². The molecule has 0 unspecified atom stereocenters. The first-order valence-electron chi connectivity index (χ1n) is 6.62. The van der Waals surface area contributed by atoms with Gasteiger partial charge in [0.1, 0.15) is 11.5 Å². The summed E-state index contributed by atoms with van der Waals surface area (Å²) in [6.07, 6.45) is 5.41. The standard InChI is InChI=1S/C13H23N3O/c1-11-12(13(9-14-2)15-17-11)10-16-7-5-3-4-6-8-16/h14H,3-10H2,1-2H3. The maximum atomic E-state index is 5.30. The van der Waals surface area contributed by atoms with E-state index in [4.69, 9.17) is 4.52 Å². The average Bonchev–Trinajstić information content (AvgIpc) is 2.57. The molecule has 2 rings (SSSR count). The molecule has 0 saturated carbocycles. The van der Waals surface area contributed by atoms with Crippen LogP contribution in [0.2, 0.25) is 0 Å². The van der Waals surface area contributed by atoms with E-state index in [9.17, 15) is 0 Å². The van der Waals surface area contributed by atoms with E-state index in [-0.39, 0.29) is 0 Å². The van der Waals surface area contributed by atoms with Gasteiger partial charge in [0.25, 0.3) is 0 Å². The Labute approximate surface area is 103 Å². The molecule has 0 bridgehead atoms. The summed E-state index contributed by atoms with van der Waals surface area (Å²) in [7, 11) is 1.94. The fourth-order valence-electron chi connectivity index (χ4n) is 2.46. The minimum Gasteiger partial charge on any atom is -0.361 e. The van der Waals surface area contributed by atoms with Crippen LogP contribution in [0, 0.1) is 6.92 Å². The third-order valence-corrected chi connectivity index (χ3v) is 3.49. The highest BCUT2D eigenvalue weighted by molar-refractivity contribution is 5.22. The SMILES string of the molecule is CNCc1noc(C)c1CN1CCCCCC1. The summed E-state index contributed by atoms with van der Waals surface area (Å²) in [5.74, 6) is 0.972. The Morgan fingerprint density at radius 1 is 1.24 bits per heavy atom. The molecule has 0 radical (unpaired) electrons. The predicted octanol–water partition coefficient (Wildman–Crippen LogP) is 2.08. The van der Waals surface area contributed by atoms with Crippen molar-refractivity contribution in [1.82, 2.24) is 15.4 Å². The second kappa shape index (κ2) is 6.17. The van der Waals surface area contributed by atoms with E-state index in [0.717, 1.165) is 24.5 Å². The summed E-state index contributed by atoms with van der Waals surface area (Å²) in [4.78, 5) is 2.53. The summed E-state index contributed by atoms with van der Waals surface area (Å²) in [5.41, 5.74) is 2.34. The third kappa shape index (κ3) is 3.30. The van der Waals surface area contributed by atoms with Gasteiger partial charge in [-0.15, -0.1) is 0 Å². The van der Waals surface area contributed by atoms with Crippen LogP contribution in [0.3, 0.4) is 0 Å². The van der Waals surface area contributed by atoms with Gasteiger partial charge in [-0.1, -0.05) is 18.0 Å². The predicted molar refractivity (Wildman–Crippen MR) is 67.7 cm³/mol. The molecule has 1 saturated heterocycles. The molecule has 2 heterocycles. The Balaban J connectivity index is 2.02. The number of aromatic nitrogens is 1. The fourth-order valence-corrected chi connectivity index (χ4v) is 2.46. The first-order chi connectivity index (χ1) is 8.31. The molecular weight excluding hydrogens is 214 g/mol. The molecule has 96 valence electrons. The highest BCUT2D eigenvalue weighted by Gasteiger charge is 2.16. The lowest BCUT2D eigenvalue weighted by Crippen LogP contribution is -2.25. The molecule has 4 heteroatoms. The zero-order valence-electron chi connectivity index (χ0n) is 11.0. The maximum absolute atomic E-state index is 5.30. The van der Waals surface area contributed by atoms with Gasteiger partial charge in [0.15, 0.2) is 0 Å². The van der Waals surface area contributed by atoms with Crippen LogP contribution in [0.25, 0.3) is 0 Å². The Hall–Kier alpha value is -0.870. The molecule has 0 spiro atoms. The summed E-state index contributed by atoms with van der Waals surface area (Å²) in [5, 5.41) is 7.28. The minimum atomic E-state index is 0.792. The van der Waals surface area contributed by atoms with E-state index in [1.807, 2.05) is 14.0 Å². The van der Waals surface area contributed by atoms with E-state index in [2.05, 4.69) is 15.4 Å². The van der Waals surface area contributed by atoms with Crippen molar-refractivity contribution in [2.45, 2.75) is 45.7 Å². The maximum Gasteiger partial charge on any atom is 0.138 e. The van der Waals surface area contributed by atoms with Crippen LogP contribution in [0.5, 0.6) is 0 Å².